The number of halogens is 2. The molecule has 3 aromatic rings. The lowest BCUT2D eigenvalue weighted by molar-refractivity contribution is 0.0947. The van der Waals surface area contributed by atoms with Crippen LogP contribution in [0.1, 0.15) is 15.9 Å². The number of rotatable bonds is 4. The number of phenolic OH excluding ortho intramolecular Hbond substituents is 1. The molecule has 0 atom stereocenters. The van der Waals surface area contributed by atoms with Gasteiger partial charge in [-0.15, -0.1) is 0 Å². The molecule has 1 aromatic carbocycles. The summed E-state index contributed by atoms with van der Waals surface area (Å²) in [7, 11) is 0. The zero-order chi connectivity index (χ0) is 17.1. The maximum atomic E-state index is 13.3. The van der Waals surface area contributed by atoms with E-state index in [0.29, 0.717) is 5.82 Å². The molecule has 24 heavy (non-hydrogen) atoms. The van der Waals surface area contributed by atoms with E-state index in [9.17, 15) is 14.3 Å². The van der Waals surface area contributed by atoms with Crippen LogP contribution in [0.5, 0.6) is 5.75 Å². The Kier molecular flexibility index (Phi) is 4.43. The van der Waals surface area contributed by atoms with E-state index in [0.717, 1.165) is 17.7 Å². The van der Waals surface area contributed by atoms with Crippen LogP contribution in [0.3, 0.4) is 0 Å². The number of nitrogens with zero attached hydrogens (tertiary/aromatic N) is 3. The van der Waals surface area contributed by atoms with E-state index in [4.69, 9.17) is 11.6 Å². The van der Waals surface area contributed by atoms with Gasteiger partial charge in [0.25, 0.3) is 5.91 Å². The van der Waals surface area contributed by atoms with Crippen molar-refractivity contribution in [1.29, 1.82) is 0 Å². The van der Waals surface area contributed by atoms with Crippen molar-refractivity contribution in [1.82, 2.24) is 19.9 Å². The van der Waals surface area contributed by atoms with Gasteiger partial charge in [-0.3, -0.25) is 9.36 Å². The number of hydrogen-bond donors (Lipinski definition) is 2. The highest BCUT2D eigenvalue weighted by atomic mass is 35.5. The van der Waals surface area contributed by atoms with Crippen LogP contribution in [0.2, 0.25) is 5.02 Å². The highest BCUT2D eigenvalue weighted by molar-refractivity contribution is 6.32. The maximum absolute atomic E-state index is 13.3. The first-order valence-electron chi connectivity index (χ1n) is 6.94. The van der Waals surface area contributed by atoms with Gasteiger partial charge in [0.1, 0.15) is 23.7 Å². The number of nitrogens with one attached hydrogen (secondary N) is 1. The molecule has 0 fully saturated rings. The molecule has 0 aliphatic carbocycles. The predicted molar refractivity (Wildman–Crippen MR) is 85.6 cm³/mol. The van der Waals surface area contributed by atoms with E-state index in [2.05, 4.69) is 15.3 Å². The molecule has 0 spiro atoms. The number of aromatic nitrogens is 3. The summed E-state index contributed by atoms with van der Waals surface area (Å²) in [4.78, 5) is 20.3. The Balaban J connectivity index is 1.74. The monoisotopic (exact) mass is 346 g/mol. The van der Waals surface area contributed by atoms with Crippen LogP contribution >= 0.6 is 11.6 Å². The minimum atomic E-state index is -0.700. The smallest absolute Gasteiger partial charge is 0.255 e. The standard InChI is InChI=1S/C16H12ClFN4O2/c17-13-7-11(18)6-12(15(13)23)16(24)21-8-10-1-2-20-14(5-10)22-4-3-19-9-22/h1-7,9,23H,8H2,(H,21,24). The van der Waals surface area contributed by atoms with Gasteiger partial charge >= 0.3 is 0 Å². The molecule has 2 heterocycles. The van der Waals surface area contributed by atoms with Crippen molar-refractivity contribution in [3.05, 3.63) is 71.2 Å². The van der Waals surface area contributed by atoms with Crippen molar-refractivity contribution in [3.8, 4) is 11.6 Å². The van der Waals surface area contributed by atoms with Gasteiger partial charge in [0, 0.05) is 25.1 Å². The Morgan fingerprint density at radius 3 is 2.92 bits per heavy atom. The predicted octanol–water partition coefficient (Wildman–Crippen LogP) is 2.70. The highest BCUT2D eigenvalue weighted by Gasteiger charge is 2.15. The number of pyridine rings is 1. The fraction of sp³-hybridized carbons (Fsp3) is 0.0625. The van der Waals surface area contributed by atoms with Gasteiger partial charge in [0.2, 0.25) is 0 Å². The number of phenols is 1. The number of benzene rings is 1. The lowest BCUT2D eigenvalue weighted by atomic mass is 10.1. The van der Waals surface area contributed by atoms with Crippen molar-refractivity contribution in [2.24, 2.45) is 0 Å². The number of amides is 1. The average Bonchev–Trinajstić information content (AvgIpc) is 3.11. The van der Waals surface area contributed by atoms with Crippen LogP contribution in [0.4, 0.5) is 4.39 Å². The normalized spacial score (nSPS) is 10.6. The number of carbonyl (C=O) groups excluding carboxylic acids is 1. The van der Waals surface area contributed by atoms with Crippen molar-refractivity contribution in [3.63, 3.8) is 0 Å². The van der Waals surface area contributed by atoms with Gasteiger partial charge in [0.05, 0.1) is 10.6 Å². The molecule has 6 nitrogen and oxygen atoms in total. The summed E-state index contributed by atoms with van der Waals surface area (Å²) in [5, 5.41) is 12.2. The van der Waals surface area contributed by atoms with Crippen molar-refractivity contribution >= 4 is 17.5 Å². The van der Waals surface area contributed by atoms with Gasteiger partial charge in [-0.2, -0.15) is 0 Å². The molecule has 3 rings (SSSR count). The Morgan fingerprint density at radius 2 is 2.17 bits per heavy atom. The molecular formula is C16H12ClFN4O2. The number of imidazole rings is 1. The van der Waals surface area contributed by atoms with E-state index in [1.165, 1.54) is 0 Å². The van der Waals surface area contributed by atoms with Gasteiger partial charge in [-0.25, -0.2) is 14.4 Å². The number of aromatic hydroxyl groups is 1. The van der Waals surface area contributed by atoms with Gasteiger partial charge in [0.15, 0.2) is 0 Å². The van der Waals surface area contributed by atoms with E-state index in [-0.39, 0.29) is 17.1 Å². The summed E-state index contributed by atoms with van der Waals surface area (Å²) in [6.45, 7) is 0.177. The van der Waals surface area contributed by atoms with Crippen molar-refractivity contribution in [2.75, 3.05) is 0 Å². The fourth-order valence-corrected chi connectivity index (χ4v) is 2.33. The van der Waals surface area contributed by atoms with Crippen LogP contribution in [-0.4, -0.2) is 25.5 Å². The quantitative estimate of drug-likeness (QED) is 0.761. The second-order valence-corrected chi connectivity index (χ2v) is 5.37. The molecule has 1 amide bonds. The Bertz CT molecular complexity index is 884. The summed E-state index contributed by atoms with van der Waals surface area (Å²) in [5.74, 6) is -1.13. The topological polar surface area (TPSA) is 80.0 Å². The van der Waals surface area contributed by atoms with E-state index >= 15 is 0 Å². The zero-order valence-corrected chi connectivity index (χ0v) is 13.0. The Hall–Kier alpha value is -2.93. The highest BCUT2D eigenvalue weighted by Crippen LogP contribution is 2.28. The minimum Gasteiger partial charge on any atom is -0.506 e. The third-order valence-electron chi connectivity index (χ3n) is 3.30. The molecule has 0 aliphatic rings. The van der Waals surface area contributed by atoms with Crippen LogP contribution in [0, 0.1) is 5.82 Å². The van der Waals surface area contributed by atoms with Crippen LogP contribution < -0.4 is 5.32 Å². The van der Waals surface area contributed by atoms with E-state index in [1.807, 2.05) is 0 Å². The first-order chi connectivity index (χ1) is 11.5. The third kappa shape index (κ3) is 3.36. The lowest BCUT2D eigenvalue weighted by Crippen LogP contribution is -2.23. The second kappa shape index (κ2) is 6.67. The first-order valence-corrected chi connectivity index (χ1v) is 7.32. The molecule has 8 heteroatoms. The molecule has 0 saturated carbocycles. The molecule has 122 valence electrons. The lowest BCUT2D eigenvalue weighted by Gasteiger charge is -2.09. The molecule has 0 aliphatic heterocycles. The Morgan fingerprint density at radius 1 is 1.33 bits per heavy atom. The van der Waals surface area contributed by atoms with Gasteiger partial charge < -0.3 is 10.4 Å². The number of carbonyl (C=O) groups is 1. The molecule has 0 bridgehead atoms. The molecule has 2 N–H and O–H groups in total. The van der Waals surface area contributed by atoms with Crippen LogP contribution in [0.25, 0.3) is 5.82 Å². The molecule has 0 radical (unpaired) electrons. The largest absolute Gasteiger partial charge is 0.506 e. The van der Waals surface area contributed by atoms with Crippen molar-refractivity contribution in [2.45, 2.75) is 6.54 Å². The molecular weight excluding hydrogens is 335 g/mol. The number of hydrogen-bond acceptors (Lipinski definition) is 4. The summed E-state index contributed by atoms with van der Waals surface area (Å²) in [5.41, 5.74) is 0.563. The summed E-state index contributed by atoms with van der Waals surface area (Å²) in [6.07, 6.45) is 6.59. The van der Waals surface area contributed by atoms with Crippen LogP contribution in [-0.2, 0) is 6.54 Å². The minimum absolute atomic E-state index is 0.177. The summed E-state index contributed by atoms with van der Waals surface area (Å²) >= 11 is 5.67. The SMILES string of the molecule is O=C(NCc1ccnc(-n2ccnc2)c1)c1cc(F)cc(Cl)c1O. The van der Waals surface area contributed by atoms with Crippen LogP contribution in [0.15, 0.2) is 49.2 Å². The third-order valence-corrected chi connectivity index (χ3v) is 3.59. The van der Waals surface area contributed by atoms with Gasteiger partial charge in [-0.05, 0) is 29.8 Å². The fourth-order valence-electron chi connectivity index (χ4n) is 2.12. The molecule has 2 aromatic heterocycles. The van der Waals surface area contributed by atoms with Crippen molar-refractivity contribution < 1.29 is 14.3 Å². The Labute approximate surface area is 141 Å². The maximum Gasteiger partial charge on any atom is 0.255 e. The van der Waals surface area contributed by atoms with Gasteiger partial charge in [-0.1, -0.05) is 11.6 Å². The second-order valence-electron chi connectivity index (χ2n) is 4.96. The zero-order valence-electron chi connectivity index (χ0n) is 12.3. The molecule has 0 unspecified atom stereocenters. The summed E-state index contributed by atoms with van der Waals surface area (Å²) < 4.78 is 15.1. The first kappa shape index (κ1) is 15.9. The molecule has 0 saturated heterocycles. The average molecular weight is 347 g/mol. The summed E-state index contributed by atoms with van der Waals surface area (Å²) in [6, 6.07) is 5.38. The van der Waals surface area contributed by atoms with E-state index in [1.54, 1.807) is 41.6 Å². The van der Waals surface area contributed by atoms with E-state index < -0.39 is 17.5 Å².